The standard InChI is InChI=1S/C26H28FN7OS.C2H6/c1-18-10-20(19-4-9-36-17-19)12-23(11-18)32-22-3-2-21(28-13-22)14-30-31-16-25-29-15-24(27)26(33-25)34-5-7-35-8-6-34;1-2/h2-4,9-15,19,31-32H,5-8,16-17H2,1H3;1-2H3/b30-14+;. The monoisotopic (exact) mass is 535 g/mol. The zero-order chi connectivity index (χ0) is 26.7. The molecule has 38 heavy (non-hydrogen) atoms. The van der Waals surface area contributed by atoms with E-state index in [4.69, 9.17) is 4.74 Å². The molecule has 2 N–H and O–H groups in total. The number of benzene rings is 1. The molecule has 0 radical (unpaired) electrons. The normalized spacial score (nSPS) is 16.8. The molecule has 3 aromatic rings. The van der Waals surface area contributed by atoms with Gasteiger partial charge in [0.2, 0.25) is 0 Å². The lowest BCUT2D eigenvalue weighted by Crippen LogP contribution is -2.37. The van der Waals surface area contributed by atoms with Gasteiger partial charge < -0.3 is 20.4 Å². The number of aromatic nitrogens is 3. The first-order chi connectivity index (χ1) is 18.6. The van der Waals surface area contributed by atoms with Crippen LogP contribution in [0.15, 0.2) is 59.3 Å². The second-order valence-corrected chi connectivity index (χ2v) is 9.59. The van der Waals surface area contributed by atoms with E-state index in [1.54, 1.807) is 12.4 Å². The average molecular weight is 536 g/mol. The van der Waals surface area contributed by atoms with E-state index in [0.717, 1.165) is 17.1 Å². The maximum Gasteiger partial charge on any atom is 0.183 e. The number of rotatable bonds is 8. The summed E-state index contributed by atoms with van der Waals surface area (Å²) in [6.45, 7) is 8.73. The highest BCUT2D eigenvalue weighted by atomic mass is 32.2. The number of pyridine rings is 1. The Labute approximate surface area is 227 Å². The Morgan fingerprint density at radius 2 is 1.97 bits per heavy atom. The van der Waals surface area contributed by atoms with Crippen LogP contribution < -0.4 is 15.6 Å². The van der Waals surface area contributed by atoms with Gasteiger partial charge in [-0.25, -0.2) is 14.4 Å². The predicted octanol–water partition coefficient (Wildman–Crippen LogP) is 5.39. The van der Waals surface area contributed by atoms with Crippen molar-refractivity contribution in [2.45, 2.75) is 33.2 Å². The van der Waals surface area contributed by atoms with Crippen LogP contribution >= 0.6 is 11.8 Å². The van der Waals surface area contributed by atoms with Gasteiger partial charge in [0.1, 0.15) is 0 Å². The fourth-order valence-corrected chi connectivity index (χ4v) is 5.02. The van der Waals surface area contributed by atoms with Gasteiger partial charge in [-0.2, -0.15) is 5.10 Å². The molecule has 10 heteroatoms. The fourth-order valence-electron chi connectivity index (χ4n) is 4.10. The van der Waals surface area contributed by atoms with E-state index in [-0.39, 0.29) is 6.54 Å². The van der Waals surface area contributed by atoms with E-state index >= 15 is 0 Å². The smallest absolute Gasteiger partial charge is 0.183 e. The molecule has 0 aliphatic carbocycles. The third kappa shape index (κ3) is 7.52. The van der Waals surface area contributed by atoms with Crippen molar-refractivity contribution in [1.82, 2.24) is 20.4 Å². The number of halogens is 1. The molecule has 1 aromatic carbocycles. The quantitative estimate of drug-likeness (QED) is 0.293. The van der Waals surface area contributed by atoms with Crippen molar-refractivity contribution in [3.05, 3.63) is 82.7 Å². The molecule has 0 amide bonds. The molecule has 0 saturated carbocycles. The second-order valence-electron chi connectivity index (χ2n) is 8.65. The average Bonchev–Trinajstić information content (AvgIpc) is 3.50. The van der Waals surface area contributed by atoms with Crippen molar-refractivity contribution in [3.63, 3.8) is 0 Å². The van der Waals surface area contributed by atoms with Crippen molar-refractivity contribution in [2.24, 2.45) is 5.10 Å². The van der Waals surface area contributed by atoms with Crippen LogP contribution in [0.4, 0.5) is 21.6 Å². The summed E-state index contributed by atoms with van der Waals surface area (Å²) in [5.74, 6) is 1.89. The molecule has 1 fully saturated rings. The molecule has 4 heterocycles. The molecule has 1 atom stereocenters. The van der Waals surface area contributed by atoms with E-state index in [1.807, 2.05) is 42.6 Å². The highest BCUT2D eigenvalue weighted by molar-refractivity contribution is 8.02. The van der Waals surface area contributed by atoms with Gasteiger partial charge in [0, 0.05) is 30.4 Å². The van der Waals surface area contributed by atoms with Crippen LogP contribution in [0.5, 0.6) is 0 Å². The SMILES string of the molecule is CC.Cc1cc(Nc2ccc(/C=N/NCc3ncc(F)c(N4CCOCC4)n3)nc2)cc(C2C=CSC2)c1. The minimum atomic E-state index is -0.432. The van der Waals surface area contributed by atoms with Gasteiger partial charge in [-0.1, -0.05) is 26.0 Å². The number of hydrogen-bond donors (Lipinski definition) is 2. The lowest BCUT2D eigenvalue weighted by molar-refractivity contribution is 0.122. The van der Waals surface area contributed by atoms with Gasteiger partial charge in [0.15, 0.2) is 17.5 Å². The number of thioether (sulfide) groups is 1. The van der Waals surface area contributed by atoms with Crippen LogP contribution in [0.25, 0.3) is 0 Å². The maximum absolute atomic E-state index is 14.2. The first kappa shape index (κ1) is 27.5. The lowest BCUT2D eigenvalue weighted by atomic mass is 9.98. The van der Waals surface area contributed by atoms with Crippen molar-refractivity contribution in [2.75, 3.05) is 42.3 Å². The van der Waals surface area contributed by atoms with Gasteiger partial charge in [-0.3, -0.25) is 4.98 Å². The van der Waals surface area contributed by atoms with Gasteiger partial charge >= 0.3 is 0 Å². The van der Waals surface area contributed by atoms with Crippen LogP contribution in [-0.2, 0) is 11.3 Å². The van der Waals surface area contributed by atoms with Gasteiger partial charge in [-0.15, -0.1) is 11.8 Å². The van der Waals surface area contributed by atoms with Crippen LogP contribution in [0.2, 0.25) is 0 Å². The minimum absolute atomic E-state index is 0.276. The Morgan fingerprint density at radius 1 is 1.13 bits per heavy atom. The number of hydrogen-bond acceptors (Lipinski definition) is 9. The number of nitrogens with one attached hydrogen (secondary N) is 2. The van der Waals surface area contributed by atoms with Crippen molar-refractivity contribution >= 4 is 35.2 Å². The Morgan fingerprint density at radius 3 is 2.71 bits per heavy atom. The summed E-state index contributed by atoms with van der Waals surface area (Å²) < 4.78 is 19.5. The number of ether oxygens (including phenoxy) is 1. The Balaban J connectivity index is 0.00000164. The third-order valence-electron chi connectivity index (χ3n) is 5.90. The van der Waals surface area contributed by atoms with Crippen molar-refractivity contribution in [3.8, 4) is 0 Å². The van der Waals surface area contributed by atoms with E-state index in [0.29, 0.717) is 49.6 Å². The summed E-state index contributed by atoms with van der Waals surface area (Å²) >= 11 is 1.85. The fraction of sp³-hybridized carbons (Fsp3) is 0.357. The third-order valence-corrected chi connectivity index (χ3v) is 6.80. The van der Waals surface area contributed by atoms with Crippen LogP contribution in [-0.4, -0.2) is 53.2 Å². The van der Waals surface area contributed by atoms with E-state index in [2.05, 4.69) is 67.4 Å². The number of nitrogens with zero attached hydrogens (tertiary/aromatic N) is 5. The van der Waals surface area contributed by atoms with Gasteiger partial charge in [0.05, 0.1) is 49.7 Å². The molecule has 1 saturated heterocycles. The highest BCUT2D eigenvalue weighted by Gasteiger charge is 2.17. The number of hydrazone groups is 1. The summed E-state index contributed by atoms with van der Waals surface area (Å²) in [4.78, 5) is 14.7. The Bertz CT molecular complexity index is 1250. The van der Waals surface area contributed by atoms with Crippen molar-refractivity contribution < 1.29 is 9.13 Å². The van der Waals surface area contributed by atoms with Crippen LogP contribution in [0, 0.1) is 12.7 Å². The van der Waals surface area contributed by atoms with Crippen LogP contribution in [0.3, 0.4) is 0 Å². The maximum atomic E-state index is 14.2. The Kier molecular flexibility index (Phi) is 10.1. The molecular formula is C28H34FN7OS. The van der Waals surface area contributed by atoms with E-state index in [1.165, 1.54) is 17.3 Å². The molecule has 0 bridgehead atoms. The number of morpholine rings is 1. The first-order valence-corrected chi connectivity index (χ1v) is 13.9. The van der Waals surface area contributed by atoms with Gasteiger partial charge in [0.25, 0.3) is 0 Å². The molecule has 8 nitrogen and oxygen atoms in total. The molecule has 5 rings (SSSR count). The highest BCUT2D eigenvalue weighted by Crippen LogP contribution is 2.32. The molecule has 2 aliphatic rings. The van der Waals surface area contributed by atoms with Gasteiger partial charge in [-0.05, 0) is 47.7 Å². The summed E-state index contributed by atoms with van der Waals surface area (Å²) in [6.07, 6.45) is 6.88. The molecular weight excluding hydrogens is 501 g/mol. The molecule has 0 spiro atoms. The van der Waals surface area contributed by atoms with E-state index < -0.39 is 5.82 Å². The molecule has 200 valence electrons. The zero-order valence-corrected chi connectivity index (χ0v) is 22.8. The lowest BCUT2D eigenvalue weighted by Gasteiger charge is -2.28. The first-order valence-electron chi connectivity index (χ1n) is 12.9. The topological polar surface area (TPSA) is 87.6 Å². The van der Waals surface area contributed by atoms with E-state index in [9.17, 15) is 4.39 Å². The molecule has 2 aliphatic heterocycles. The Hall–Kier alpha value is -3.50. The largest absolute Gasteiger partial charge is 0.378 e. The summed E-state index contributed by atoms with van der Waals surface area (Å²) in [5, 5.41) is 9.83. The molecule has 1 unspecified atom stereocenters. The van der Waals surface area contributed by atoms with Crippen molar-refractivity contribution in [1.29, 1.82) is 0 Å². The predicted molar refractivity (Wildman–Crippen MR) is 154 cm³/mol. The summed E-state index contributed by atoms with van der Waals surface area (Å²) in [6, 6.07) is 10.5. The van der Waals surface area contributed by atoms with Crippen LogP contribution in [0.1, 0.15) is 42.4 Å². The minimum Gasteiger partial charge on any atom is -0.378 e. The number of anilines is 3. The zero-order valence-electron chi connectivity index (χ0n) is 22.0. The summed E-state index contributed by atoms with van der Waals surface area (Å²) in [5.41, 5.74) is 8.13. The number of aryl methyl sites for hydroxylation is 1. The second kappa shape index (κ2) is 13.9. The number of allylic oxidation sites excluding steroid dienone is 1. The molecule has 2 aromatic heterocycles. The summed E-state index contributed by atoms with van der Waals surface area (Å²) in [7, 11) is 0.